The predicted molar refractivity (Wildman–Crippen MR) is 86.2 cm³/mol. The molecule has 1 saturated carbocycles. The first-order valence-corrected chi connectivity index (χ1v) is 8.01. The second-order valence-corrected chi connectivity index (χ2v) is 6.30. The average Bonchev–Trinajstić information content (AvgIpc) is 2.47. The zero-order valence-corrected chi connectivity index (χ0v) is 13.8. The number of nitrogens with one attached hydrogen (secondary N) is 1. The first-order valence-electron chi connectivity index (χ1n) is 7.63. The van der Waals surface area contributed by atoms with Crippen LogP contribution < -0.4 is 10.1 Å². The van der Waals surface area contributed by atoms with Crippen LogP contribution in [-0.2, 0) is 16.0 Å². The van der Waals surface area contributed by atoms with Gasteiger partial charge >= 0.3 is 0 Å². The third-order valence-corrected chi connectivity index (χ3v) is 4.48. The molecule has 1 aromatic carbocycles. The molecule has 2 rings (SSSR count). The molecule has 0 radical (unpaired) electrons. The molecule has 0 aliphatic heterocycles. The maximum atomic E-state index is 12.2. The highest BCUT2D eigenvalue weighted by atomic mass is 35.5. The van der Waals surface area contributed by atoms with Gasteiger partial charge in [0, 0.05) is 30.3 Å². The molecule has 0 bridgehead atoms. The molecule has 1 N–H and O–H groups in total. The van der Waals surface area contributed by atoms with Gasteiger partial charge in [-0.25, -0.2) is 0 Å². The van der Waals surface area contributed by atoms with Crippen LogP contribution in [-0.4, -0.2) is 25.3 Å². The number of carbonyl (C=O) groups is 2. The molecular formula is C17H22ClNO3. The molecule has 2 atom stereocenters. The van der Waals surface area contributed by atoms with Crippen LogP contribution in [0.3, 0.4) is 0 Å². The summed E-state index contributed by atoms with van der Waals surface area (Å²) in [6.45, 7) is 2.51. The standard InChI is InChI=1S/C17H22ClNO3/c1-11-9-14(20)4-5-15(11)17(21)19-8-7-12-10-13(18)3-6-16(12)22-2/h3,6,10-11,15H,4-5,7-9H2,1-2H3,(H,19,21). The van der Waals surface area contributed by atoms with E-state index in [2.05, 4.69) is 5.32 Å². The molecule has 1 fully saturated rings. The van der Waals surface area contributed by atoms with Crippen molar-refractivity contribution < 1.29 is 14.3 Å². The van der Waals surface area contributed by atoms with E-state index in [9.17, 15) is 9.59 Å². The summed E-state index contributed by atoms with van der Waals surface area (Å²) in [6, 6.07) is 5.46. The molecule has 1 amide bonds. The Hall–Kier alpha value is -1.55. The molecule has 5 heteroatoms. The number of ether oxygens (including phenoxy) is 1. The van der Waals surface area contributed by atoms with Gasteiger partial charge in [0.2, 0.25) is 5.91 Å². The smallest absolute Gasteiger partial charge is 0.223 e. The molecule has 0 saturated heterocycles. The zero-order chi connectivity index (χ0) is 16.1. The van der Waals surface area contributed by atoms with Crippen LogP contribution in [0.2, 0.25) is 5.02 Å². The molecule has 1 aromatic rings. The van der Waals surface area contributed by atoms with E-state index in [1.54, 1.807) is 13.2 Å². The lowest BCUT2D eigenvalue weighted by atomic mass is 9.79. The quantitative estimate of drug-likeness (QED) is 0.906. The van der Waals surface area contributed by atoms with Crippen molar-refractivity contribution in [3.63, 3.8) is 0 Å². The fraction of sp³-hybridized carbons (Fsp3) is 0.529. The van der Waals surface area contributed by atoms with Gasteiger partial charge in [-0.15, -0.1) is 0 Å². The van der Waals surface area contributed by atoms with Crippen molar-refractivity contribution in [1.82, 2.24) is 5.32 Å². The molecule has 0 heterocycles. The van der Waals surface area contributed by atoms with E-state index >= 15 is 0 Å². The van der Waals surface area contributed by atoms with E-state index in [4.69, 9.17) is 16.3 Å². The van der Waals surface area contributed by atoms with Gasteiger partial charge in [-0.05, 0) is 42.5 Å². The summed E-state index contributed by atoms with van der Waals surface area (Å²) >= 11 is 5.99. The van der Waals surface area contributed by atoms with Gasteiger partial charge in [-0.1, -0.05) is 18.5 Å². The number of hydrogen-bond donors (Lipinski definition) is 1. The summed E-state index contributed by atoms with van der Waals surface area (Å²) in [6.07, 6.45) is 2.35. The van der Waals surface area contributed by atoms with Gasteiger partial charge in [0.15, 0.2) is 0 Å². The molecule has 1 aliphatic rings. The Balaban J connectivity index is 1.87. The monoisotopic (exact) mass is 323 g/mol. The molecular weight excluding hydrogens is 302 g/mol. The Morgan fingerprint density at radius 2 is 2.23 bits per heavy atom. The molecule has 4 nitrogen and oxygen atoms in total. The van der Waals surface area contributed by atoms with E-state index in [0.29, 0.717) is 37.3 Å². The molecule has 0 aromatic heterocycles. The van der Waals surface area contributed by atoms with Crippen molar-refractivity contribution >= 4 is 23.3 Å². The van der Waals surface area contributed by atoms with Crippen LogP contribution in [0.4, 0.5) is 0 Å². The van der Waals surface area contributed by atoms with Crippen LogP contribution in [0.25, 0.3) is 0 Å². The van der Waals surface area contributed by atoms with E-state index in [1.807, 2.05) is 19.1 Å². The number of methoxy groups -OCH3 is 1. The fourth-order valence-electron chi connectivity index (χ4n) is 2.99. The first-order chi connectivity index (χ1) is 10.5. The number of hydrogen-bond acceptors (Lipinski definition) is 3. The lowest BCUT2D eigenvalue weighted by Gasteiger charge is -2.26. The maximum Gasteiger partial charge on any atom is 0.223 e. The third kappa shape index (κ3) is 4.23. The summed E-state index contributed by atoms with van der Waals surface area (Å²) in [5.41, 5.74) is 0.974. The van der Waals surface area contributed by atoms with E-state index in [-0.39, 0.29) is 23.5 Å². The molecule has 0 spiro atoms. The van der Waals surface area contributed by atoms with Gasteiger partial charge < -0.3 is 10.1 Å². The normalized spacial score (nSPS) is 21.5. The summed E-state index contributed by atoms with van der Waals surface area (Å²) in [7, 11) is 1.62. The topological polar surface area (TPSA) is 55.4 Å². The van der Waals surface area contributed by atoms with Gasteiger partial charge in [-0.2, -0.15) is 0 Å². The number of ketones is 1. The van der Waals surface area contributed by atoms with Gasteiger partial charge in [0.05, 0.1) is 7.11 Å². The van der Waals surface area contributed by atoms with E-state index in [0.717, 1.165) is 11.3 Å². The third-order valence-electron chi connectivity index (χ3n) is 4.24. The minimum Gasteiger partial charge on any atom is -0.496 e. The minimum absolute atomic E-state index is 0.0426. The Morgan fingerprint density at radius 1 is 1.45 bits per heavy atom. The van der Waals surface area contributed by atoms with E-state index in [1.165, 1.54) is 0 Å². The Kier molecular flexibility index (Phi) is 5.83. The molecule has 22 heavy (non-hydrogen) atoms. The highest BCUT2D eigenvalue weighted by Crippen LogP contribution is 2.28. The first kappa shape index (κ1) is 16.8. The lowest BCUT2D eigenvalue weighted by Crippen LogP contribution is -2.38. The molecule has 1 aliphatic carbocycles. The van der Waals surface area contributed by atoms with Crippen LogP contribution in [0.5, 0.6) is 5.75 Å². The maximum absolute atomic E-state index is 12.2. The molecule has 120 valence electrons. The summed E-state index contributed by atoms with van der Waals surface area (Å²) in [5, 5.41) is 3.62. The van der Waals surface area contributed by atoms with Gasteiger partial charge in [0.25, 0.3) is 0 Å². The second-order valence-electron chi connectivity index (χ2n) is 5.86. The Bertz CT molecular complexity index is 559. The highest BCUT2D eigenvalue weighted by molar-refractivity contribution is 6.30. The van der Waals surface area contributed by atoms with Crippen LogP contribution in [0.1, 0.15) is 31.7 Å². The number of halogens is 1. The summed E-state index contributed by atoms with van der Waals surface area (Å²) in [5.74, 6) is 1.15. The zero-order valence-electron chi connectivity index (χ0n) is 13.0. The average molecular weight is 324 g/mol. The van der Waals surface area contributed by atoms with E-state index < -0.39 is 0 Å². The van der Waals surface area contributed by atoms with Gasteiger partial charge in [-0.3, -0.25) is 9.59 Å². The van der Waals surface area contributed by atoms with Gasteiger partial charge in [0.1, 0.15) is 11.5 Å². The fourth-order valence-corrected chi connectivity index (χ4v) is 3.18. The summed E-state index contributed by atoms with van der Waals surface area (Å²) < 4.78 is 5.29. The number of carbonyl (C=O) groups excluding carboxylic acids is 2. The van der Waals surface area contributed by atoms with Crippen molar-refractivity contribution in [2.75, 3.05) is 13.7 Å². The second kappa shape index (κ2) is 7.63. The van der Waals surface area contributed by atoms with Crippen LogP contribution in [0.15, 0.2) is 18.2 Å². The van der Waals surface area contributed by atoms with Crippen molar-refractivity contribution in [3.05, 3.63) is 28.8 Å². The van der Waals surface area contributed by atoms with Crippen LogP contribution >= 0.6 is 11.6 Å². The number of Topliss-reactive ketones (excluding diaryl/α,β-unsaturated/α-hetero) is 1. The number of amides is 1. The van der Waals surface area contributed by atoms with Crippen molar-refractivity contribution in [1.29, 1.82) is 0 Å². The van der Waals surface area contributed by atoms with Crippen molar-refractivity contribution in [2.45, 2.75) is 32.6 Å². The predicted octanol–water partition coefficient (Wildman–Crippen LogP) is 3.01. The largest absolute Gasteiger partial charge is 0.496 e. The van der Waals surface area contributed by atoms with Crippen molar-refractivity contribution in [2.24, 2.45) is 11.8 Å². The molecule has 2 unspecified atom stereocenters. The minimum atomic E-state index is -0.0565. The van der Waals surface area contributed by atoms with Crippen LogP contribution in [0, 0.1) is 11.8 Å². The summed E-state index contributed by atoms with van der Waals surface area (Å²) in [4.78, 5) is 23.6. The Morgan fingerprint density at radius 3 is 2.91 bits per heavy atom. The SMILES string of the molecule is COc1ccc(Cl)cc1CCNC(=O)C1CCC(=O)CC1C. The van der Waals surface area contributed by atoms with Crippen molar-refractivity contribution in [3.8, 4) is 5.75 Å². The Labute approximate surface area is 136 Å². The highest BCUT2D eigenvalue weighted by Gasteiger charge is 2.30. The number of rotatable bonds is 5. The lowest BCUT2D eigenvalue weighted by molar-refractivity contribution is -0.130. The number of benzene rings is 1.